The highest BCUT2D eigenvalue weighted by molar-refractivity contribution is 5.97. The van der Waals surface area contributed by atoms with Crippen LogP contribution in [0.1, 0.15) is 28.8 Å². The minimum atomic E-state index is -0.146. The molecule has 1 fully saturated rings. The Morgan fingerprint density at radius 2 is 1.96 bits per heavy atom. The number of carbonyl (C=O) groups excluding carboxylic acids is 3. The Balaban J connectivity index is 0.00000312. The Hall–Kier alpha value is -2.12. The molecule has 1 saturated heterocycles. The number of nitrogens with one attached hydrogen (secondary N) is 3. The standard InChI is InChI=1S/C17H24N4O3.ClH/c1-18-8-2-3-15(22)20-11-13-4-6-14(7-5-13)17(24)21-10-9-19-16(23)12-21;/h4-7,18H,2-3,8-12H2,1H3,(H,19,23)(H,20,22);1H. The molecule has 3 amide bonds. The lowest BCUT2D eigenvalue weighted by molar-refractivity contribution is -0.123. The number of piperazine rings is 1. The van der Waals surface area contributed by atoms with Crippen molar-refractivity contribution in [1.29, 1.82) is 0 Å². The van der Waals surface area contributed by atoms with E-state index in [4.69, 9.17) is 0 Å². The number of rotatable bonds is 7. The average molecular weight is 369 g/mol. The van der Waals surface area contributed by atoms with Gasteiger partial charge in [0.15, 0.2) is 0 Å². The van der Waals surface area contributed by atoms with E-state index in [2.05, 4.69) is 16.0 Å². The van der Waals surface area contributed by atoms with Gasteiger partial charge in [0.25, 0.3) is 5.91 Å². The Morgan fingerprint density at radius 3 is 2.60 bits per heavy atom. The van der Waals surface area contributed by atoms with Crippen molar-refractivity contribution in [2.45, 2.75) is 19.4 Å². The summed E-state index contributed by atoms with van der Waals surface area (Å²) in [5, 5.41) is 8.56. The Morgan fingerprint density at radius 1 is 1.24 bits per heavy atom. The zero-order chi connectivity index (χ0) is 17.4. The van der Waals surface area contributed by atoms with Gasteiger partial charge >= 0.3 is 0 Å². The predicted octanol–water partition coefficient (Wildman–Crippen LogP) is 0.296. The largest absolute Gasteiger partial charge is 0.353 e. The van der Waals surface area contributed by atoms with Gasteiger partial charge < -0.3 is 20.9 Å². The van der Waals surface area contributed by atoms with Crippen LogP contribution in [-0.2, 0) is 16.1 Å². The second kappa shape index (κ2) is 10.7. The normalized spacial score (nSPS) is 13.6. The first kappa shape index (κ1) is 20.9. The molecular formula is C17H25ClN4O3. The van der Waals surface area contributed by atoms with Crippen molar-refractivity contribution in [1.82, 2.24) is 20.9 Å². The lowest BCUT2D eigenvalue weighted by atomic mass is 10.1. The molecule has 25 heavy (non-hydrogen) atoms. The van der Waals surface area contributed by atoms with Crippen LogP contribution in [0.4, 0.5) is 0 Å². The minimum absolute atomic E-state index is 0. The van der Waals surface area contributed by atoms with Crippen LogP contribution < -0.4 is 16.0 Å². The third-order valence-corrected chi connectivity index (χ3v) is 3.85. The molecule has 7 nitrogen and oxygen atoms in total. The summed E-state index contributed by atoms with van der Waals surface area (Å²) in [7, 11) is 1.86. The summed E-state index contributed by atoms with van der Waals surface area (Å²) in [5.41, 5.74) is 1.48. The van der Waals surface area contributed by atoms with Crippen molar-refractivity contribution in [2.75, 3.05) is 33.2 Å². The van der Waals surface area contributed by atoms with E-state index in [0.29, 0.717) is 31.6 Å². The highest BCUT2D eigenvalue weighted by atomic mass is 35.5. The Bertz CT molecular complexity index is 592. The summed E-state index contributed by atoms with van der Waals surface area (Å²) in [6.07, 6.45) is 1.30. The molecule has 0 aromatic heterocycles. The van der Waals surface area contributed by atoms with Crippen molar-refractivity contribution in [3.05, 3.63) is 35.4 Å². The first-order valence-corrected chi connectivity index (χ1v) is 8.16. The molecule has 1 aromatic rings. The molecular weight excluding hydrogens is 344 g/mol. The van der Waals surface area contributed by atoms with Crippen molar-refractivity contribution >= 4 is 30.1 Å². The number of nitrogens with zero attached hydrogens (tertiary/aromatic N) is 1. The maximum atomic E-state index is 12.3. The number of halogens is 1. The molecule has 0 aliphatic carbocycles. The summed E-state index contributed by atoms with van der Waals surface area (Å²) >= 11 is 0. The topological polar surface area (TPSA) is 90.5 Å². The second-order valence-electron chi connectivity index (χ2n) is 5.76. The Kier molecular flexibility index (Phi) is 8.94. The number of hydrogen-bond acceptors (Lipinski definition) is 4. The van der Waals surface area contributed by atoms with Crippen LogP contribution in [0.3, 0.4) is 0 Å². The second-order valence-corrected chi connectivity index (χ2v) is 5.76. The molecule has 138 valence electrons. The lowest BCUT2D eigenvalue weighted by Gasteiger charge is -2.26. The van der Waals surface area contributed by atoms with E-state index in [1.807, 2.05) is 19.2 Å². The first-order chi connectivity index (χ1) is 11.6. The molecule has 0 radical (unpaired) electrons. The molecule has 0 saturated carbocycles. The fourth-order valence-corrected chi connectivity index (χ4v) is 2.47. The van der Waals surface area contributed by atoms with Gasteiger partial charge in [0.1, 0.15) is 0 Å². The van der Waals surface area contributed by atoms with Gasteiger partial charge in [0.2, 0.25) is 11.8 Å². The van der Waals surface area contributed by atoms with E-state index in [1.165, 1.54) is 4.90 Å². The molecule has 1 aromatic carbocycles. The van der Waals surface area contributed by atoms with Gasteiger partial charge in [-0.1, -0.05) is 12.1 Å². The fraction of sp³-hybridized carbons (Fsp3) is 0.471. The Labute approximate surface area is 153 Å². The quantitative estimate of drug-likeness (QED) is 0.604. The van der Waals surface area contributed by atoms with Crippen molar-refractivity contribution in [3.63, 3.8) is 0 Å². The summed E-state index contributed by atoms with van der Waals surface area (Å²) in [5.74, 6) is -0.260. The molecule has 2 rings (SSSR count). The molecule has 1 aliphatic heterocycles. The first-order valence-electron chi connectivity index (χ1n) is 8.16. The molecule has 0 atom stereocenters. The van der Waals surface area contributed by atoms with Crippen LogP contribution in [0.15, 0.2) is 24.3 Å². The SMILES string of the molecule is CNCCCC(=O)NCc1ccc(C(=O)N2CCNC(=O)C2)cc1.Cl. The number of benzene rings is 1. The van der Waals surface area contributed by atoms with Gasteiger partial charge in [-0.05, 0) is 37.7 Å². The summed E-state index contributed by atoms with van der Waals surface area (Å²) in [6, 6.07) is 7.12. The maximum absolute atomic E-state index is 12.3. The van der Waals surface area contributed by atoms with E-state index >= 15 is 0 Å². The smallest absolute Gasteiger partial charge is 0.254 e. The van der Waals surface area contributed by atoms with Crippen LogP contribution in [0.25, 0.3) is 0 Å². The maximum Gasteiger partial charge on any atom is 0.254 e. The van der Waals surface area contributed by atoms with Crippen molar-refractivity contribution in [2.24, 2.45) is 0 Å². The van der Waals surface area contributed by atoms with Gasteiger partial charge in [-0.25, -0.2) is 0 Å². The van der Waals surface area contributed by atoms with E-state index < -0.39 is 0 Å². The third kappa shape index (κ3) is 6.72. The van der Waals surface area contributed by atoms with Crippen LogP contribution in [-0.4, -0.2) is 55.8 Å². The lowest BCUT2D eigenvalue weighted by Crippen LogP contribution is -2.49. The van der Waals surface area contributed by atoms with Gasteiger partial charge in [0.05, 0.1) is 6.54 Å². The van der Waals surface area contributed by atoms with Crippen molar-refractivity contribution in [3.8, 4) is 0 Å². The van der Waals surface area contributed by atoms with E-state index in [0.717, 1.165) is 18.5 Å². The number of amides is 3. The number of hydrogen-bond donors (Lipinski definition) is 3. The minimum Gasteiger partial charge on any atom is -0.353 e. The predicted molar refractivity (Wildman–Crippen MR) is 97.6 cm³/mol. The molecule has 1 heterocycles. The zero-order valence-corrected chi connectivity index (χ0v) is 15.2. The van der Waals surface area contributed by atoms with Crippen LogP contribution in [0.2, 0.25) is 0 Å². The molecule has 0 spiro atoms. The van der Waals surface area contributed by atoms with Crippen LogP contribution >= 0.6 is 12.4 Å². The highest BCUT2D eigenvalue weighted by Gasteiger charge is 2.22. The summed E-state index contributed by atoms with van der Waals surface area (Å²) in [4.78, 5) is 36.9. The molecule has 3 N–H and O–H groups in total. The van der Waals surface area contributed by atoms with E-state index in [1.54, 1.807) is 12.1 Å². The zero-order valence-electron chi connectivity index (χ0n) is 14.3. The van der Waals surface area contributed by atoms with Crippen LogP contribution in [0.5, 0.6) is 0 Å². The molecule has 0 bridgehead atoms. The van der Waals surface area contributed by atoms with Gasteiger partial charge in [-0.15, -0.1) is 12.4 Å². The van der Waals surface area contributed by atoms with Crippen LogP contribution in [0, 0.1) is 0 Å². The molecule has 1 aliphatic rings. The van der Waals surface area contributed by atoms with E-state index in [-0.39, 0.29) is 36.7 Å². The van der Waals surface area contributed by atoms with E-state index in [9.17, 15) is 14.4 Å². The third-order valence-electron chi connectivity index (χ3n) is 3.85. The highest BCUT2D eigenvalue weighted by Crippen LogP contribution is 2.09. The van der Waals surface area contributed by atoms with Gasteiger partial charge in [0, 0.05) is 31.6 Å². The van der Waals surface area contributed by atoms with Gasteiger partial charge in [-0.2, -0.15) is 0 Å². The fourth-order valence-electron chi connectivity index (χ4n) is 2.47. The molecule has 8 heteroatoms. The summed E-state index contributed by atoms with van der Waals surface area (Å²) < 4.78 is 0. The monoisotopic (exact) mass is 368 g/mol. The summed E-state index contributed by atoms with van der Waals surface area (Å²) in [6.45, 7) is 2.37. The molecule has 0 unspecified atom stereocenters. The van der Waals surface area contributed by atoms with Crippen molar-refractivity contribution < 1.29 is 14.4 Å². The average Bonchev–Trinajstić information content (AvgIpc) is 2.60. The number of carbonyl (C=O) groups is 3. The van der Waals surface area contributed by atoms with Gasteiger partial charge in [-0.3, -0.25) is 14.4 Å².